The van der Waals surface area contributed by atoms with Crippen molar-refractivity contribution in [2.24, 2.45) is 0 Å². The van der Waals surface area contributed by atoms with Gasteiger partial charge in [0.05, 0.1) is 12.7 Å². The van der Waals surface area contributed by atoms with Gasteiger partial charge in [0.2, 0.25) is 0 Å². The van der Waals surface area contributed by atoms with Gasteiger partial charge in [-0.1, -0.05) is 60.4 Å². The predicted molar refractivity (Wildman–Crippen MR) is 161 cm³/mol. The van der Waals surface area contributed by atoms with Gasteiger partial charge in [0, 0.05) is 23.7 Å². The third-order valence-corrected chi connectivity index (χ3v) is 13.3. The van der Waals surface area contributed by atoms with Gasteiger partial charge < -0.3 is 18.3 Å². The van der Waals surface area contributed by atoms with E-state index in [1.807, 2.05) is 45.9 Å². The van der Waals surface area contributed by atoms with Gasteiger partial charge in [-0.25, -0.2) is 9.88 Å². The first-order valence-corrected chi connectivity index (χ1v) is 18.9. The minimum absolute atomic E-state index is 0.104. The molecule has 0 amide bonds. The van der Waals surface area contributed by atoms with Gasteiger partial charge in [-0.3, -0.25) is 0 Å². The molecule has 1 N–H and O–H groups in total. The highest BCUT2D eigenvalue weighted by molar-refractivity contribution is 8.69. The average Bonchev–Trinajstić information content (AvgIpc) is 2.79. The highest BCUT2D eigenvalue weighted by atomic mass is 32.9. The van der Waals surface area contributed by atoms with Crippen molar-refractivity contribution in [2.75, 3.05) is 19.4 Å². The Kier molecular flexibility index (Phi) is 15.7. The summed E-state index contributed by atoms with van der Waals surface area (Å²) in [6.07, 6.45) is 0.736. The van der Waals surface area contributed by atoms with Crippen molar-refractivity contribution in [1.29, 1.82) is 0 Å². The molecule has 2 unspecified atom stereocenters. The lowest BCUT2D eigenvalue weighted by Gasteiger charge is -2.26. The summed E-state index contributed by atoms with van der Waals surface area (Å²) in [5, 5.41) is 3.14. The summed E-state index contributed by atoms with van der Waals surface area (Å²) in [6.45, 7) is 11.9. The minimum Gasteiger partial charge on any atom is -0.459 e. The molecule has 0 saturated heterocycles. The van der Waals surface area contributed by atoms with Crippen molar-refractivity contribution in [2.45, 2.75) is 65.5 Å². The standard InChI is InChI=1S/C15H24NO4PS.C10H15OPS2/c1-6-18-21(22,16-11(2)3)20-14-10-8-7-9-13(14)15(17)19-12(4)5;1-3-11-12(13,4-2)14-10-8-6-5-7-9-10/h7-12H,6H2,1-5H3,(H,16,22);5-9H,3-4H2,1-2H3. The fourth-order valence-corrected chi connectivity index (χ4v) is 10.1. The quantitative estimate of drug-likeness (QED) is 0.184. The van der Waals surface area contributed by atoms with E-state index in [1.165, 1.54) is 4.90 Å². The maximum Gasteiger partial charge on any atom is 0.342 e. The largest absolute Gasteiger partial charge is 0.459 e. The van der Waals surface area contributed by atoms with E-state index in [1.54, 1.807) is 49.5 Å². The molecule has 0 radical (unpaired) electrons. The Labute approximate surface area is 231 Å². The van der Waals surface area contributed by atoms with Crippen LogP contribution in [-0.4, -0.2) is 37.5 Å². The van der Waals surface area contributed by atoms with Crippen LogP contribution in [0, 0.1) is 0 Å². The predicted octanol–water partition coefficient (Wildman–Crippen LogP) is 8.03. The summed E-state index contributed by atoms with van der Waals surface area (Å²) >= 11 is 12.8. The summed E-state index contributed by atoms with van der Waals surface area (Å²) in [5.41, 5.74) is -1.33. The monoisotopic (exact) mass is 591 g/mol. The fourth-order valence-electron chi connectivity index (χ4n) is 2.72. The number of carbonyl (C=O) groups excluding carboxylic acids is 1. The molecule has 0 aliphatic heterocycles. The molecule has 2 aromatic carbocycles. The number of rotatable bonds is 13. The minimum atomic E-state index is -2.72. The van der Waals surface area contributed by atoms with E-state index in [4.69, 9.17) is 41.9 Å². The molecule has 36 heavy (non-hydrogen) atoms. The number of hydrogen-bond acceptors (Lipinski definition) is 8. The lowest BCUT2D eigenvalue weighted by Crippen LogP contribution is -2.24. The molecule has 0 aromatic heterocycles. The lowest BCUT2D eigenvalue weighted by molar-refractivity contribution is 0.0376. The van der Waals surface area contributed by atoms with Crippen molar-refractivity contribution in [3.63, 3.8) is 0 Å². The van der Waals surface area contributed by atoms with Crippen LogP contribution < -0.4 is 9.61 Å². The van der Waals surface area contributed by atoms with Crippen molar-refractivity contribution in [3.05, 3.63) is 60.2 Å². The number of nitrogens with one attached hydrogen (secondary N) is 1. The Morgan fingerprint density at radius 3 is 2.03 bits per heavy atom. The summed E-state index contributed by atoms with van der Waals surface area (Å²) in [6, 6.07) is 17.2. The Hall–Kier alpha value is -0.760. The molecule has 0 spiro atoms. The Bertz CT molecular complexity index is 1020. The van der Waals surface area contributed by atoms with E-state index in [-0.39, 0.29) is 12.1 Å². The number of para-hydroxylation sites is 1. The van der Waals surface area contributed by atoms with Crippen LogP contribution in [0.25, 0.3) is 0 Å². The molecule has 0 fully saturated rings. The zero-order chi connectivity index (χ0) is 27.2. The topological polar surface area (TPSA) is 66.0 Å². The van der Waals surface area contributed by atoms with Crippen LogP contribution in [0.1, 0.15) is 58.8 Å². The zero-order valence-electron chi connectivity index (χ0n) is 22.1. The van der Waals surface area contributed by atoms with E-state index in [0.29, 0.717) is 24.5 Å². The van der Waals surface area contributed by atoms with Crippen LogP contribution in [0.3, 0.4) is 0 Å². The second-order valence-electron chi connectivity index (χ2n) is 7.99. The third kappa shape index (κ3) is 12.7. The number of benzene rings is 2. The summed E-state index contributed by atoms with van der Waals surface area (Å²) < 4.78 is 22.4. The second kappa shape index (κ2) is 17.0. The molecule has 2 rings (SSSR count). The normalized spacial score (nSPS) is 14.4. The van der Waals surface area contributed by atoms with Gasteiger partial charge in [0.15, 0.2) is 0 Å². The van der Waals surface area contributed by atoms with Crippen molar-refractivity contribution in [1.82, 2.24) is 5.09 Å². The molecule has 6 nitrogen and oxygen atoms in total. The molecule has 0 saturated carbocycles. The highest BCUT2D eigenvalue weighted by Gasteiger charge is 2.25. The highest BCUT2D eigenvalue weighted by Crippen LogP contribution is 2.62. The molecule has 11 heteroatoms. The molecular formula is C25H39NO5P2S3. The maximum atomic E-state index is 12.2. The third-order valence-electron chi connectivity index (χ3n) is 4.08. The van der Waals surface area contributed by atoms with Crippen LogP contribution in [0.2, 0.25) is 0 Å². The molecule has 0 bridgehead atoms. The fraction of sp³-hybridized carbons (Fsp3) is 0.480. The number of hydrogen-bond donors (Lipinski definition) is 1. The maximum absolute atomic E-state index is 12.2. The van der Waals surface area contributed by atoms with E-state index in [2.05, 4.69) is 24.1 Å². The van der Waals surface area contributed by atoms with Gasteiger partial charge in [0.1, 0.15) is 16.8 Å². The molecule has 0 aliphatic rings. The van der Waals surface area contributed by atoms with Crippen molar-refractivity contribution < 1.29 is 23.1 Å². The van der Waals surface area contributed by atoms with Crippen LogP contribution >= 0.6 is 23.5 Å². The van der Waals surface area contributed by atoms with Gasteiger partial charge in [0.25, 0.3) is 0 Å². The van der Waals surface area contributed by atoms with E-state index in [0.717, 1.165) is 6.16 Å². The van der Waals surface area contributed by atoms with Crippen molar-refractivity contribution in [3.8, 4) is 5.75 Å². The Morgan fingerprint density at radius 2 is 1.50 bits per heavy atom. The molecule has 202 valence electrons. The van der Waals surface area contributed by atoms with Gasteiger partial charge in [-0.2, -0.15) is 0 Å². The molecule has 0 aliphatic carbocycles. The zero-order valence-corrected chi connectivity index (χ0v) is 26.4. The molecular weight excluding hydrogens is 552 g/mol. The van der Waals surface area contributed by atoms with Crippen LogP contribution in [0.5, 0.6) is 5.75 Å². The molecule has 2 aromatic rings. The van der Waals surface area contributed by atoms with Crippen molar-refractivity contribution >= 4 is 53.1 Å². The van der Waals surface area contributed by atoms with Gasteiger partial charge in [-0.15, -0.1) is 0 Å². The first-order valence-electron chi connectivity index (χ1n) is 12.0. The smallest absolute Gasteiger partial charge is 0.342 e. The van der Waals surface area contributed by atoms with Crippen LogP contribution in [-0.2, 0) is 37.4 Å². The SMILES string of the molecule is CCOP(=S)(CC)Sc1ccccc1.CCOP(=S)(NC(C)C)Oc1ccccc1C(=O)OC(C)C. The van der Waals surface area contributed by atoms with Gasteiger partial charge in [-0.05, 0) is 77.6 Å². The molecule has 0 heterocycles. The summed E-state index contributed by atoms with van der Waals surface area (Å²) in [5.74, 6) is -0.0636. The Balaban J connectivity index is 0.000000397. The number of ether oxygens (including phenoxy) is 1. The van der Waals surface area contributed by atoms with Crippen LogP contribution in [0.15, 0.2) is 59.5 Å². The van der Waals surface area contributed by atoms with Gasteiger partial charge >= 0.3 is 12.6 Å². The van der Waals surface area contributed by atoms with Crippen LogP contribution in [0.4, 0.5) is 0 Å². The lowest BCUT2D eigenvalue weighted by atomic mass is 10.2. The van der Waals surface area contributed by atoms with E-state index < -0.39 is 18.1 Å². The number of esters is 1. The first kappa shape index (κ1) is 33.3. The number of carbonyl (C=O) groups is 1. The second-order valence-corrected chi connectivity index (χ2v) is 18.7. The average molecular weight is 592 g/mol. The Morgan fingerprint density at radius 1 is 0.917 bits per heavy atom. The van der Waals surface area contributed by atoms with E-state index in [9.17, 15) is 4.79 Å². The first-order chi connectivity index (χ1) is 17.0. The summed E-state index contributed by atoms with van der Waals surface area (Å²) in [7, 11) is 0. The summed E-state index contributed by atoms with van der Waals surface area (Å²) in [4.78, 5) is 13.4. The molecule has 2 atom stereocenters. The van der Waals surface area contributed by atoms with E-state index >= 15 is 0 Å².